The number of carbonyl (C=O) groups is 1. The Bertz CT molecular complexity index is 589. The van der Waals surface area contributed by atoms with Crippen LogP contribution >= 0.6 is 43.2 Å². The van der Waals surface area contributed by atoms with Crippen LogP contribution in [0.1, 0.15) is 28.7 Å². The minimum Gasteiger partial charge on any atom is -0.294 e. The van der Waals surface area contributed by atoms with Crippen molar-refractivity contribution in [2.24, 2.45) is 0 Å². The lowest BCUT2D eigenvalue weighted by molar-refractivity contribution is 0.0990. The Morgan fingerprint density at radius 2 is 2.17 bits per heavy atom. The molecule has 2 rings (SSSR count). The molecule has 2 aromatic heterocycles. The van der Waals surface area contributed by atoms with Crippen molar-refractivity contribution >= 4 is 49.0 Å². The summed E-state index contributed by atoms with van der Waals surface area (Å²) in [5, 5.41) is 4.35. The molecule has 0 amide bonds. The van der Waals surface area contributed by atoms with E-state index in [0.717, 1.165) is 31.1 Å². The summed E-state index contributed by atoms with van der Waals surface area (Å²) >= 11 is 8.32. The van der Waals surface area contributed by atoms with Crippen LogP contribution in [-0.4, -0.2) is 15.6 Å². The van der Waals surface area contributed by atoms with Gasteiger partial charge in [0.25, 0.3) is 0 Å². The molecule has 0 aliphatic carbocycles. The van der Waals surface area contributed by atoms with Crippen LogP contribution in [0.25, 0.3) is 0 Å². The van der Waals surface area contributed by atoms with Crippen LogP contribution in [0.3, 0.4) is 0 Å². The number of ketones is 1. The second-order valence-electron chi connectivity index (χ2n) is 3.93. The maximum atomic E-state index is 12.2. The monoisotopic (exact) mass is 390 g/mol. The van der Waals surface area contributed by atoms with Gasteiger partial charge in [-0.05, 0) is 57.8 Å². The predicted molar refractivity (Wildman–Crippen MR) is 80.4 cm³/mol. The number of rotatable bonds is 4. The lowest BCUT2D eigenvalue weighted by Gasteiger charge is -2.03. The van der Waals surface area contributed by atoms with E-state index in [0.29, 0.717) is 6.42 Å². The van der Waals surface area contributed by atoms with Crippen LogP contribution in [0.4, 0.5) is 0 Å². The second-order valence-corrected chi connectivity index (χ2v) is 7.68. The molecular formula is C12H12Br2N2OS. The van der Waals surface area contributed by atoms with E-state index in [1.807, 2.05) is 30.7 Å². The van der Waals surface area contributed by atoms with E-state index in [2.05, 4.69) is 37.0 Å². The standard InChI is InChI=1S/C12H12Br2N2OS/c1-3-16-8(4-7(2)15-16)5-10(17)9-6-11(13)18-12(9)14/h4,6H,3,5H2,1-2H3. The molecule has 2 heterocycles. The predicted octanol–water partition coefficient (Wildman–Crippen LogP) is 4.22. The van der Waals surface area contributed by atoms with Crippen molar-refractivity contribution in [1.29, 1.82) is 0 Å². The number of Topliss-reactive ketones (excluding diaryl/α,β-unsaturated/α-hetero) is 1. The van der Waals surface area contributed by atoms with Gasteiger partial charge in [-0.2, -0.15) is 5.10 Å². The lowest BCUT2D eigenvalue weighted by atomic mass is 10.1. The van der Waals surface area contributed by atoms with E-state index < -0.39 is 0 Å². The van der Waals surface area contributed by atoms with Crippen molar-refractivity contribution in [2.45, 2.75) is 26.8 Å². The third-order valence-electron chi connectivity index (χ3n) is 2.58. The smallest absolute Gasteiger partial charge is 0.170 e. The van der Waals surface area contributed by atoms with Crippen molar-refractivity contribution in [3.63, 3.8) is 0 Å². The Kier molecular flexibility index (Phi) is 4.40. The molecule has 0 unspecified atom stereocenters. The van der Waals surface area contributed by atoms with Crippen LogP contribution in [-0.2, 0) is 13.0 Å². The quantitative estimate of drug-likeness (QED) is 0.731. The van der Waals surface area contributed by atoms with Crippen molar-refractivity contribution in [1.82, 2.24) is 9.78 Å². The molecule has 0 aliphatic rings. The minimum atomic E-state index is 0.110. The molecule has 3 nitrogen and oxygen atoms in total. The summed E-state index contributed by atoms with van der Waals surface area (Å²) in [6.07, 6.45) is 0.385. The summed E-state index contributed by atoms with van der Waals surface area (Å²) in [5.41, 5.74) is 2.65. The maximum absolute atomic E-state index is 12.2. The van der Waals surface area contributed by atoms with E-state index >= 15 is 0 Å². The van der Waals surface area contributed by atoms with Gasteiger partial charge < -0.3 is 0 Å². The summed E-state index contributed by atoms with van der Waals surface area (Å²) in [6, 6.07) is 3.83. The van der Waals surface area contributed by atoms with Gasteiger partial charge in [-0.1, -0.05) is 0 Å². The molecule has 0 aliphatic heterocycles. The number of aromatic nitrogens is 2. The zero-order valence-corrected chi connectivity index (χ0v) is 14.0. The van der Waals surface area contributed by atoms with E-state index in [-0.39, 0.29) is 5.78 Å². The Labute approximate surface area is 126 Å². The van der Waals surface area contributed by atoms with Crippen molar-refractivity contribution < 1.29 is 4.79 Å². The van der Waals surface area contributed by atoms with Crippen molar-refractivity contribution in [3.8, 4) is 0 Å². The van der Waals surface area contributed by atoms with E-state index in [1.54, 1.807) is 0 Å². The van der Waals surface area contributed by atoms with Crippen LogP contribution < -0.4 is 0 Å². The SMILES string of the molecule is CCn1nc(C)cc1CC(=O)c1cc(Br)sc1Br. The highest BCUT2D eigenvalue weighted by Gasteiger charge is 2.16. The van der Waals surface area contributed by atoms with Gasteiger partial charge in [0, 0.05) is 17.8 Å². The zero-order valence-electron chi connectivity index (χ0n) is 10.0. The van der Waals surface area contributed by atoms with Gasteiger partial charge in [0.05, 0.1) is 19.7 Å². The zero-order chi connectivity index (χ0) is 13.3. The molecule has 0 fully saturated rings. The first-order chi connectivity index (χ1) is 8.51. The summed E-state index contributed by atoms with van der Waals surface area (Å²) in [4.78, 5) is 12.2. The molecule has 96 valence electrons. The number of aryl methyl sites for hydroxylation is 2. The lowest BCUT2D eigenvalue weighted by Crippen LogP contribution is -2.09. The average molecular weight is 392 g/mol. The van der Waals surface area contributed by atoms with Gasteiger partial charge in [-0.15, -0.1) is 11.3 Å². The molecule has 0 spiro atoms. The number of nitrogens with zero attached hydrogens (tertiary/aromatic N) is 2. The van der Waals surface area contributed by atoms with Gasteiger partial charge in [-0.3, -0.25) is 9.48 Å². The molecule has 0 bridgehead atoms. The molecule has 0 aromatic carbocycles. The molecule has 2 aromatic rings. The Morgan fingerprint density at radius 1 is 1.44 bits per heavy atom. The number of halogens is 2. The van der Waals surface area contributed by atoms with Gasteiger partial charge in [0.15, 0.2) is 5.78 Å². The first-order valence-electron chi connectivity index (χ1n) is 5.52. The van der Waals surface area contributed by atoms with Gasteiger partial charge in [0.2, 0.25) is 0 Å². The van der Waals surface area contributed by atoms with Crippen LogP contribution in [0.2, 0.25) is 0 Å². The number of thiophene rings is 1. The first kappa shape index (κ1) is 14.0. The summed E-state index contributed by atoms with van der Waals surface area (Å²) < 4.78 is 3.71. The van der Waals surface area contributed by atoms with E-state index in [1.165, 1.54) is 11.3 Å². The highest BCUT2D eigenvalue weighted by atomic mass is 79.9. The Morgan fingerprint density at radius 3 is 2.72 bits per heavy atom. The van der Waals surface area contributed by atoms with Crippen molar-refractivity contribution in [2.75, 3.05) is 0 Å². The molecule has 0 saturated heterocycles. The van der Waals surface area contributed by atoms with Crippen molar-refractivity contribution in [3.05, 3.63) is 36.7 Å². The summed E-state index contributed by atoms with van der Waals surface area (Å²) in [5.74, 6) is 0.110. The highest BCUT2D eigenvalue weighted by molar-refractivity contribution is 9.12. The average Bonchev–Trinajstić information content (AvgIpc) is 2.81. The first-order valence-corrected chi connectivity index (χ1v) is 7.93. The third-order valence-corrected chi connectivity index (χ3v) is 4.92. The molecule has 18 heavy (non-hydrogen) atoms. The largest absolute Gasteiger partial charge is 0.294 e. The normalized spacial score (nSPS) is 10.9. The number of hydrogen-bond donors (Lipinski definition) is 0. The molecule has 0 N–H and O–H groups in total. The fraction of sp³-hybridized carbons (Fsp3) is 0.333. The van der Waals surface area contributed by atoms with Crippen LogP contribution in [0.5, 0.6) is 0 Å². The fourth-order valence-corrected chi connectivity index (χ4v) is 4.66. The fourth-order valence-electron chi connectivity index (χ4n) is 1.81. The molecule has 0 radical (unpaired) electrons. The summed E-state index contributed by atoms with van der Waals surface area (Å²) in [6.45, 7) is 4.75. The minimum absolute atomic E-state index is 0.110. The number of carbonyl (C=O) groups excluding carboxylic acids is 1. The Balaban J connectivity index is 2.23. The maximum Gasteiger partial charge on any atom is 0.170 e. The van der Waals surface area contributed by atoms with Gasteiger partial charge >= 0.3 is 0 Å². The third kappa shape index (κ3) is 2.92. The van der Waals surface area contributed by atoms with E-state index in [9.17, 15) is 4.79 Å². The number of hydrogen-bond acceptors (Lipinski definition) is 3. The molecule has 6 heteroatoms. The topological polar surface area (TPSA) is 34.9 Å². The molecule has 0 saturated carbocycles. The highest BCUT2D eigenvalue weighted by Crippen LogP contribution is 2.32. The second kappa shape index (κ2) is 5.67. The summed E-state index contributed by atoms with van der Waals surface area (Å²) in [7, 11) is 0. The Hall–Kier alpha value is -0.460. The van der Waals surface area contributed by atoms with Gasteiger partial charge in [-0.25, -0.2) is 0 Å². The van der Waals surface area contributed by atoms with Gasteiger partial charge in [0.1, 0.15) is 0 Å². The van der Waals surface area contributed by atoms with Crippen LogP contribution in [0, 0.1) is 6.92 Å². The van der Waals surface area contributed by atoms with Crippen LogP contribution in [0.15, 0.2) is 19.7 Å². The van der Waals surface area contributed by atoms with E-state index in [4.69, 9.17) is 0 Å². The molecule has 0 atom stereocenters. The molecular weight excluding hydrogens is 380 g/mol.